The second-order valence-corrected chi connectivity index (χ2v) is 7.65. The largest absolute Gasteiger partial charge is 0.374 e. The quantitative estimate of drug-likeness (QED) is 0.777. The Balaban J connectivity index is 1.43. The van der Waals surface area contributed by atoms with Gasteiger partial charge in [-0.25, -0.2) is 0 Å². The van der Waals surface area contributed by atoms with Gasteiger partial charge in [0.2, 0.25) is 0 Å². The standard InChI is InChI=1S/C24H26N2O/c1-26-16-4-7-20-14-15-22(17-23(20)26)25-24(27)21-12-10-19(11-13-21)9-8-18-5-2-3-6-18/h10-15,17-18H,2-7,16H2,1H3,(H,25,27). The molecule has 1 aliphatic carbocycles. The van der Waals surface area contributed by atoms with E-state index < -0.39 is 0 Å². The summed E-state index contributed by atoms with van der Waals surface area (Å²) >= 11 is 0. The minimum Gasteiger partial charge on any atom is -0.374 e. The normalized spacial score (nSPS) is 16.4. The summed E-state index contributed by atoms with van der Waals surface area (Å²) in [5.74, 6) is 7.09. The maximum absolute atomic E-state index is 12.6. The highest BCUT2D eigenvalue weighted by Gasteiger charge is 2.15. The van der Waals surface area contributed by atoms with Gasteiger partial charge in [0.1, 0.15) is 0 Å². The van der Waals surface area contributed by atoms with E-state index in [1.165, 1.54) is 43.4 Å². The zero-order valence-corrected chi connectivity index (χ0v) is 15.9. The molecule has 1 N–H and O–H groups in total. The molecule has 0 spiro atoms. The predicted molar refractivity (Wildman–Crippen MR) is 111 cm³/mol. The van der Waals surface area contributed by atoms with E-state index in [0.717, 1.165) is 24.2 Å². The van der Waals surface area contributed by atoms with Crippen molar-refractivity contribution in [2.45, 2.75) is 38.5 Å². The first-order chi connectivity index (χ1) is 13.2. The lowest BCUT2D eigenvalue weighted by molar-refractivity contribution is 0.102. The lowest BCUT2D eigenvalue weighted by Gasteiger charge is -2.28. The van der Waals surface area contributed by atoms with Crippen molar-refractivity contribution in [3.05, 3.63) is 59.2 Å². The van der Waals surface area contributed by atoms with Crippen molar-refractivity contribution in [1.82, 2.24) is 0 Å². The van der Waals surface area contributed by atoms with Crippen LogP contribution in [0.15, 0.2) is 42.5 Å². The number of hydrogen-bond acceptors (Lipinski definition) is 2. The Labute approximate surface area is 161 Å². The van der Waals surface area contributed by atoms with Crippen molar-refractivity contribution >= 4 is 17.3 Å². The van der Waals surface area contributed by atoms with Gasteiger partial charge in [-0.2, -0.15) is 0 Å². The van der Waals surface area contributed by atoms with E-state index in [1.54, 1.807) is 0 Å². The zero-order chi connectivity index (χ0) is 18.6. The summed E-state index contributed by atoms with van der Waals surface area (Å²) in [6.07, 6.45) is 7.35. The van der Waals surface area contributed by atoms with Crippen molar-refractivity contribution in [3.63, 3.8) is 0 Å². The summed E-state index contributed by atoms with van der Waals surface area (Å²) in [4.78, 5) is 14.8. The number of anilines is 2. The number of carbonyl (C=O) groups is 1. The Bertz CT molecular complexity index is 883. The Morgan fingerprint density at radius 3 is 2.63 bits per heavy atom. The van der Waals surface area contributed by atoms with Gasteiger partial charge in [-0.1, -0.05) is 30.7 Å². The van der Waals surface area contributed by atoms with Gasteiger partial charge in [0, 0.05) is 42.0 Å². The maximum Gasteiger partial charge on any atom is 0.255 e. The molecule has 2 aliphatic rings. The molecule has 1 aliphatic heterocycles. The van der Waals surface area contributed by atoms with Gasteiger partial charge < -0.3 is 10.2 Å². The number of amides is 1. The molecular weight excluding hydrogens is 332 g/mol. The maximum atomic E-state index is 12.6. The molecule has 1 amide bonds. The van der Waals surface area contributed by atoms with Crippen LogP contribution >= 0.6 is 0 Å². The van der Waals surface area contributed by atoms with Crippen LogP contribution < -0.4 is 10.2 Å². The molecule has 0 bridgehead atoms. The van der Waals surface area contributed by atoms with Crippen LogP contribution in [0.4, 0.5) is 11.4 Å². The van der Waals surface area contributed by atoms with Gasteiger partial charge in [-0.15, -0.1) is 0 Å². The zero-order valence-electron chi connectivity index (χ0n) is 15.9. The molecule has 4 rings (SSSR count). The average molecular weight is 358 g/mol. The minimum absolute atomic E-state index is 0.0799. The number of fused-ring (bicyclic) bond motifs is 1. The molecule has 0 aromatic heterocycles. The lowest BCUT2D eigenvalue weighted by Crippen LogP contribution is -2.24. The van der Waals surface area contributed by atoms with E-state index in [9.17, 15) is 4.79 Å². The first-order valence-corrected chi connectivity index (χ1v) is 9.96. The minimum atomic E-state index is -0.0799. The third-order valence-corrected chi connectivity index (χ3v) is 5.62. The van der Waals surface area contributed by atoms with Crippen LogP contribution in [0, 0.1) is 17.8 Å². The highest BCUT2D eigenvalue weighted by atomic mass is 16.1. The van der Waals surface area contributed by atoms with Crippen LogP contribution in [0.25, 0.3) is 0 Å². The summed E-state index contributed by atoms with van der Waals surface area (Å²) < 4.78 is 0. The molecule has 2 aromatic carbocycles. The van der Waals surface area contributed by atoms with Crippen molar-refractivity contribution in [2.75, 3.05) is 23.8 Å². The summed E-state index contributed by atoms with van der Waals surface area (Å²) in [7, 11) is 2.11. The number of nitrogens with one attached hydrogen (secondary N) is 1. The molecule has 3 nitrogen and oxygen atoms in total. The van der Waals surface area contributed by atoms with Crippen LogP contribution in [0.3, 0.4) is 0 Å². The second-order valence-electron chi connectivity index (χ2n) is 7.65. The lowest BCUT2D eigenvalue weighted by atomic mass is 10.0. The molecule has 1 heterocycles. The fourth-order valence-electron chi connectivity index (χ4n) is 4.00. The Morgan fingerprint density at radius 1 is 1.07 bits per heavy atom. The summed E-state index contributed by atoms with van der Waals surface area (Å²) in [6, 6.07) is 13.8. The molecule has 0 unspecified atom stereocenters. The number of aryl methyl sites for hydroxylation is 1. The number of nitrogens with zero attached hydrogens (tertiary/aromatic N) is 1. The number of benzene rings is 2. The fourth-order valence-corrected chi connectivity index (χ4v) is 4.00. The van der Waals surface area contributed by atoms with Gasteiger partial charge in [0.15, 0.2) is 0 Å². The molecule has 1 saturated carbocycles. The molecule has 138 valence electrons. The monoisotopic (exact) mass is 358 g/mol. The highest BCUT2D eigenvalue weighted by Crippen LogP contribution is 2.29. The molecule has 3 heteroatoms. The number of carbonyl (C=O) groups excluding carboxylic acids is 1. The van der Waals surface area contributed by atoms with Gasteiger partial charge in [0.05, 0.1) is 0 Å². The molecule has 1 fully saturated rings. The van der Waals surface area contributed by atoms with Crippen molar-refractivity contribution in [1.29, 1.82) is 0 Å². The summed E-state index contributed by atoms with van der Waals surface area (Å²) in [6.45, 7) is 1.06. The van der Waals surface area contributed by atoms with Gasteiger partial charge in [-0.05, 0) is 67.6 Å². The molecule has 0 saturated heterocycles. The molecule has 0 radical (unpaired) electrons. The highest BCUT2D eigenvalue weighted by molar-refractivity contribution is 6.04. The molecular formula is C24H26N2O. The van der Waals surface area contributed by atoms with Crippen LogP contribution in [0.1, 0.15) is 53.6 Å². The topological polar surface area (TPSA) is 32.3 Å². The number of hydrogen-bond donors (Lipinski definition) is 1. The van der Waals surface area contributed by atoms with Crippen LogP contribution in [-0.4, -0.2) is 19.5 Å². The van der Waals surface area contributed by atoms with Crippen LogP contribution in [0.2, 0.25) is 0 Å². The first-order valence-electron chi connectivity index (χ1n) is 9.96. The Morgan fingerprint density at radius 2 is 1.85 bits per heavy atom. The summed E-state index contributed by atoms with van der Waals surface area (Å²) in [5, 5.41) is 3.02. The van der Waals surface area contributed by atoms with E-state index in [4.69, 9.17) is 0 Å². The third kappa shape index (κ3) is 4.17. The van der Waals surface area contributed by atoms with E-state index in [0.29, 0.717) is 11.5 Å². The third-order valence-electron chi connectivity index (χ3n) is 5.62. The fraction of sp³-hybridized carbons (Fsp3) is 0.375. The SMILES string of the molecule is CN1CCCc2ccc(NC(=O)c3ccc(C#CC4CCCC4)cc3)cc21. The van der Waals surface area contributed by atoms with Crippen LogP contribution in [-0.2, 0) is 6.42 Å². The smallest absolute Gasteiger partial charge is 0.255 e. The average Bonchev–Trinajstić information content (AvgIpc) is 3.21. The Kier molecular flexibility index (Phi) is 5.16. The van der Waals surface area contributed by atoms with E-state index in [-0.39, 0.29) is 5.91 Å². The van der Waals surface area contributed by atoms with E-state index >= 15 is 0 Å². The van der Waals surface area contributed by atoms with Crippen molar-refractivity contribution in [3.8, 4) is 11.8 Å². The molecule has 0 atom stereocenters. The van der Waals surface area contributed by atoms with E-state index in [2.05, 4.69) is 41.2 Å². The van der Waals surface area contributed by atoms with Gasteiger partial charge in [-0.3, -0.25) is 4.79 Å². The van der Waals surface area contributed by atoms with Crippen molar-refractivity contribution in [2.24, 2.45) is 5.92 Å². The number of rotatable bonds is 2. The van der Waals surface area contributed by atoms with Crippen molar-refractivity contribution < 1.29 is 4.79 Å². The van der Waals surface area contributed by atoms with Gasteiger partial charge >= 0.3 is 0 Å². The molecule has 27 heavy (non-hydrogen) atoms. The van der Waals surface area contributed by atoms with E-state index in [1.807, 2.05) is 30.3 Å². The second kappa shape index (κ2) is 7.88. The summed E-state index contributed by atoms with van der Waals surface area (Å²) in [5.41, 5.74) is 5.06. The van der Waals surface area contributed by atoms with Gasteiger partial charge in [0.25, 0.3) is 5.91 Å². The molecule has 2 aromatic rings. The Hall–Kier alpha value is -2.73. The van der Waals surface area contributed by atoms with Crippen LogP contribution in [0.5, 0.6) is 0 Å². The predicted octanol–water partition coefficient (Wildman–Crippen LogP) is 4.86. The first kappa shape index (κ1) is 17.7.